The van der Waals surface area contributed by atoms with Gasteiger partial charge in [-0.15, -0.1) is 0 Å². The smallest absolute Gasteiger partial charge is 0.246 e. The second-order valence-electron chi connectivity index (χ2n) is 8.83. The van der Waals surface area contributed by atoms with Crippen molar-refractivity contribution >= 4 is 21.8 Å². The number of aromatic nitrogens is 2. The van der Waals surface area contributed by atoms with Crippen molar-refractivity contribution in [1.82, 2.24) is 19.6 Å². The van der Waals surface area contributed by atoms with Crippen molar-refractivity contribution < 1.29 is 13.2 Å². The number of nitrogens with zero attached hydrogens (tertiary/aromatic N) is 4. The van der Waals surface area contributed by atoms with E-state index in [0.29, 0.717) is 32.6 Å². The molecule has 0 bridgehead atoms. The molecule has 7 nitrogen and oxygen atoms in total. The van der Waals surface area contributed by atoms with E-state index in [0.717, 1.165) is 22.5 Å². The van der Waals surface area contributed by atoms with Gasteiger partial charge in [-0.3, -0.25) is 9.69 Å². The topological polar surface area (TPSA) is 75.5 Å². The highest BCUT2D eigenvalue weighted by molar-refractivity contribution is 7.91. The normalized spacial score (nSPS) is 20.7. The molecular weight excluding hydrogens is 448 g/mol. The molecule has 0 aliphatic carbocycles. The van der Waals surface area contributed by atoms with Crippen molar-refractivity contribution in [1.29, 1.82) is 0 Å². The van der Waals surface area contributed by atoms with Crippen LogP contribution in [0.3, 0.4) is 0 Å². The van der Waals surface area contributed by atoms with Gasteiger partial charge >= 0.3 is 0 Å². The third-order valence-electron chi connectivity index (χ3n) is 6.57. The molecule has 2 aliphatic rings. The standard InChI is InChI=1S/C26H28N4O3S/c31-25(29-16-14-28(15-17-29)24-13-18-34(32,33)20-24)12-11-22-19-30(23-9-5-2-6-10-23)27-26(22)21-7-3-1-4-8-21/h1-12,19,24H,13-18,20H2/b12-11+. The summed E-state index contributed by atoms with van der Waals surface area (Å²) in [5.74, 6) is 0.485. The number of hydrogen-bond donors (Lipinski definition) is 0. The first-order valence-electron chi connectivity index (χ1n) is 11.6. The zero-order chi connectivity index (χ0) is 23.5. The van der Waals surface area contributed by atoms with Crippen LogP contribution in [0.15, 0.2) is 72.9 Å². The van der Waals surface area contributed by atoms with Gasteiger partial charge in [0.15, 0.2) is 9.84 Å². The van der Waals surface area contributed by atoms with Gasteiger partial charge in [0.05, 0.1) is 22.9 Å². The molecule has 2 saturated heterocycles. The minimum atomic E-state index is -2.90. The van der Waals surface area contributed by atoms with E-state index in [1.807, 2.05) is 82.5 Å². The van der Waals surface area contributed by atoms with Gasteiger partial charge in [-0.2, -0.15) is 5.10 Å². The van der Waals surface area contributed by atoms with E-state index in [-0.39, 0.29) is 23.5 Å². The number of hydrogen-bond acceptors (Lipinski definition) is 5. The highest BCUT2D eigenvalue weighted by atomic mass is 32.2. The molecule has 1 amide bonds. The molecule has 1 aromatic heterocycles. The van der Waals surface area contributed by atoms with E-state index >= 15 is 0 Å². The third kappa shape index (κ3) is 4.98. The van der Waals surface area contributed by atoms with Crippen molar-refractivity contribution in [3.8, 4) is 16.9 Å². The average molecular weight is 477 g/mol. The Morgan fingerprint density at radius 1 is 0.941 bits per heavy atom. The number of benzene rings is 2. The van der Waals surface area contributed by atoms with E-state index in [9.17, 15) is 13.2 Å². The molecule has 3 aromatic rings. The van der Waals surface area contributed by atoms with Crippen LogP contribution < -0.4 is 0 Å². The lowest BCUT2D eigenvalue weighted by atomic mass is 10.1. The van der Waals surface area contributed by atoms with Crippen LogP contribution in [0, 0.1) is 0 Å². The molecule has 0 spiro atoms. The summed E-state index contributed by atoms with van der Waals surface area (Å²) < 4.78 is 25.4. The van der Waals surface area contributed by atoms with Gasteiger partial charge < -0.3 is 4.90 Å². The lowest BCUT2D eigenvalue weighted by molar-refractivity contribution is -0.127. The van der Waals surface area contributed by atoms with Crippen LogP contribution in [0.1, 0.15) is 12.0 Å². The Kier molecular flexibility index (Phi) is 6.34. The third-order valence-corrected chi connectivity index (χ3v) is 8.32. The van der Waals surface area contributed by atoms with Gasteiger partial charge in [0, 0.05) is 55.6 Å². The Labute approximate surface area is 200 Å². The SMILES string of the molecule is O=C(/C=C/c1cn(-c2ccccc2)nc1-c1ccccc1)N1CCN(C2CCS(=O)(=O)C2)CC1. The Hall–Kier alpha value is -3.23. The fourth-order valence-electron chi connectivity index (χ4n) is 4.68. The van der Waals surface area contributed by atoms with E-state index in [4.69, 9.17) is 5.10 Å². The predicted molar refractivity (Wildman–Crippen MR) is 133 cm³/mol. The highest BCUT2D eigenvalue weighted by Crippen LogP contribution is 2.25. The largest absolute Gasteiger partial charge is 0.337 e. The van der Waals surface area contributed by atoms with Crippen LogP contribution in [-0.2, 0) is 14.6 Å². The molecule has 2 aromatic carbocycles. The van der Waals surface area contributed by atoms with Gasteiger partial charge in [-0.05, 0) is 24.6 Å². The molecule has 2 aliphatic heterocycles. The fourth-order valence-corrected chi connectivity index (χ4v) is 6.44. The van der Waals surface area contributed by atoms with Gasteiger partial charge in [0.25, 0.3) is 0 Å². The van der Waals surface area contributed by atoms with Crippen LogP contribution in [-0.4, -0.2) is 77.6 Å². The summed E-state index contributed by atoms with van der Waals surface area (Å²) in [5.41, 5.74) is 3.64. The molecule has 0 N–H and O–H groups in total. The molecule has 3 heterocycles. The Bertz CT molecular complexity index is 1280. The molecule has 5 rings (SSSR count). The molecule has 0 saturated carbocycles. The first kappa shape index (κ1) is 22.6. The van der Waals surface area contributed by atoms with Crippen molar-refractivity contribution in [2.24, 2.45) is 0 Å². The molecular formula is C26H28N4O3S. The van der Waals surface area contributed by atoms with Crippen molar-refractivity contribution in [2.45, 2.75) is 12.5 Å². The minimum Gasteiger partial charge on any atom is -0.337 e. The van der Waals surface area contributed by atoms with E-state index < -0.39 is 9.84 Å². The maximum Gasteiger partial charge on any atom is 0.246 e. The second-order valence-corrected chi connectivity index (χ2v) is 11.1. The fraction of sp³-hybridized carbons (Fsp3) is 0.308. The molecule has 1 atom stereocenters. The summed E-state index contributed by atoms with van der Waals surface area (Å²) in [4.78, 5) is 17.0. The number of sulfone groups is 1. The summed E-state index contributed by atoms with van der Waals surface area (Å²) in [6, 6.07) is 19.9. The maximum atomic E-state index is 12.9. The van der Waals surface area contributed by atoms with Crippen LogP contribution >= 0.6 is 0 Å². The molecule has 34 heavy (non-hydrogen) atoms. The van der Waals surface area contributed by atoms with Crippen LogP contribution in [0.25, 0.3) is 23.0 Å². The summed E-state index contributed by atoms with van der Waals surface area (Å²) in [6.45, 7) is 2.63. The number of carbonyl (C=O) groups is 1. The van der Waals surface area contributed by atoms with Crippen molar-refractivity contribution in [3.63, 3.8) is 0 Å². The molecule has 8 heteroatoms. The minimum absolute atomic E-state index is 0.0369. The number of piperazine rings is 1. The monoisotopic (exact) mass is 476 g/mol. The molecule has 2 fully saturated rings. The number of para-hydroxylation sites is 1. The lowest BCUT2D eigenvalue weighted by Crippen LogP contribution is -2.52. The summed E-state index contributed by atoms with van der Waals surface area (Å²) in [7, 11) is -2.90. The lowest BCUT2D eigenvalue weighted by Gasteiger charge is -2.37. The Morgan fingerprint density at radius 3 is 2.26 bits per heavy atom. The summed E-state index contributed by atoms with van der Waals surface area (Å²) in [6.07, 6.45) is 6.10. The molecule has 0 radical (unpaired) electrons. The predicted octanol–water partition coefficient (Wildman–Crippen LogP) is 2.88. The number of rotatable bonds is 5. The second kappa shape index (κ2) is 9.56. The number of carbonyl (C=O) groups excluding carboxylic acids is 1. The van der Waals surface area contributed by atoms with E-state index in [1.54, 1.807) is 6.08 Å². The Balaban J connectivity index is 1.30. The summed E-state index contributed by atoms with van der Waals surface area (Å²) in [5, 5.41) is 4.79. The van der Waals surface area contributed by atoms with Crippen LogP contribution in [0.5, 0.6) is 0 Å². The van der Waals surface area contributed by atoms with Gasteiger partial charge in [0.1, 0.15) is 0 Å². The quantitative estimate of drug-likeness (QED) is 0.530. The molecule has 176 valence electrons. The van der Waals surface area contributed by atoms with E-state index in [1.165, 1.54) is 0 Å². The maximum absolute atomic E-state index is 12.9. The van der Waals surface area contributed by atoms with Gasteiger partial charge in [-0.1, -0.05) is 48.5 Å². The highest BCUT2D eigenvalue weighted by Gasteiger charge is 2.34. The van der Waals surface area contributed by atoms with E-state index in [2.05, 4.69) is 4.90 Å². The van der Waals surface area contributed by atoms with Crippen LogP contribution in [0.2, 0.25) is 0 Å². The average Bonchev–Trinajstić information content (AvgIpc) is 3.47. The van der Waals surface area contributed by atoms with Crippen molar-refractivity contribution in [2.75, 3.05) is 37.7 Å². The van der Waals surface area contributed by atoms with Crippen LogP contribution in [0.4, 0.5) is 0 Å². The zero-order valence-electron chi connectivity index (χ0n) is 19.0. The summed E-state index contributed by atoms with van der Waals surface area (Å²) >= 11 is 0. The Morgan fingerprint density at radius 2 is 1.62 bits per heavy atom. The number of amides is 1. The van der Waals surface area contributed by atoms with Gasteiger partial charge in [0.2, 0.25) is 5.91 Å². The van der Waals surface area contributed by atoms with Crippen molar-refractivity contribution in [3.05, 3.63) is 78.5 Å². The first-order valence-corrected chi connectivity index (χ1v) is 13.4. The zero-order valence-corrected chi connectivity index (χ0v) is 19.8. The van der Waals surface area contributed by atoms with Gasteiger partial charge in [-0.25, -0.2) is 13.1 Å². The first-order chi connectivity index (χ1) is 16.5. The molecule has 1 unspecified atom stereocenters.